The van der Waals surface area contributed by atoms with E-state index in [-0.39, 0.29) is 18.0 Å². The van der Waals surface area contributed by atoms with E-state index in [1.165, 1.54) is 4.90 Å². The van der Waals surface area contributed by atoms with Crippen molar-refractivity contribution >= 4 is 11.9 Å². The summed E-state index contributed by atoms with van der Waals surface area (Å²) in [6.45, 7) is 3.51. The van der Waals surface area contributed by atoms with Crippen LogP contribution >= 0.6 is 0 Å². The molecule has 0 bridgehead atoms. The number of carbonyl (C=O) groups excluding carboxylic acids is 2. The third kappa shape index (κ3) is 3.12. The lowest BCUT2D eigenvalue weighted by Crippen LogP contribution is -2.46. The first-order chi connectivity index (χ1) is 9.09. The Bertz CT molecular complexity index is 461. The van der Waals surface area contributed by atoms with E-state index in [2.05, 4.69) is 5.32 Å². The van der Waals surface area contributed by atoms with Gasteiger partial charge < -0.3 is 5.32 Å². The van der Waals surface area contributed by atoms with Gasteiger partial charge in [-0.25, -0.2) is 4.79 Å². The van der Waals surface area contributed by atoms with Crippen LogP contribution in [0.3, 0.4) is 0 Å². The van der Waals surface area contributed by atoms with E-state index < -0.39 is 0 Å². The summed E-state index contributed by atoms with van der Waals surface area (Å²) in [5.41, 5.74) is 1.15. The molecule has 1 N–H and O–H groups in total. The van der Waals surface area contributed by atoms with E-state index in [1.807, 2.05) is 49.2 Å². The molecule has 19 heavy (non-hydrogen) atoms. The van der Waals surface area contributed by atoms with Crippen LogP contribution in [0, 0.1) is 0 Å². The molecule has 1 unspecified atom stereocenters. The topological polar surface area (TPSA) is 52.7 Å². The van der Waals surface area contributed by atoms with E-state index in [0.29, 0.717) is 19.6 Å². The van der Waals surface area contributed by atoms with E-state index >= 15 is 0 Å². The van der Waals surface area contributed by atoms with Crippen LogP contribution in [0.25, 0.3) is 0 Å². The largest absolute Gasteiger partial charge is 0.336 e. The number of benzene rings is 1. The molecule has 1 saturated heterocycles. The smallest absolute Gasteiger partial charge is 0.324 e. The molecule has 102 valence electrons. The lowest BCUT2D eigenvalue weighted by Gasteiger charge is -2.26. The average Bonchev–Trinajstić information content (AvgIpc) is 2.84. The van der Waals surface area contributed by atoms with Gasteiger partial charge in [0, 0.05) is 19.6 Å². The van der Waals surface area contributed by atoms with Gasteiger partial charge in [-0.05, 0) is 19.5 Å². The SMILES string of the molecule is CC(C(=O)N1CCNC1=O)N(C)Cc1ccccc1. The molecule has 1 atom stereocenters. The van der Waals surface area contributed by atoms with E-state index in [1.54, 1.807) is 0 Å². The van der Waals surface area contributed by atoms with Gasteiger partial charge in [0.05, 0.1) is 6.04 Å². The number of likely N-dealkylation sites (N-methyl/N-ethyl adjacent to an activating group) is 1. The molecule has 0 aromatic heterocycles. The first kappa shape index (κ1) is 13.5. The number of hydrogen-bond donors (Lipinski definition) is 1. The normalized spacial score (nSPS) is 16.6. The van der Waals surface area contributed by atoms with Gasteiger partial charge >= 0.3 is 6.03 Å². The Morgan fingerprint density at radius 1 is 1.42 bits per heavy atom. The zero-order chi connectivity index (χ0) is 13.8. The van der Waals surface area contributed by atoms with E-state index in [9.17, 15) is 9.59 Å². The van der Waals surface area contributed by atoms with Crippen LogP contribution in [0.4, 0.5) is 4.79 Å². The Labute approximate surface area is 113 Å². The van der Waals surface area contributed by atoms with Gasteiger partial charge in [0.25, 0.3) is 0 Å². The second-order valence-electron chi connectivity index (χ2n) is 4.80. The molecule has 1 aliphatic rings. The van der Waals surface area contributed by atoms with Gasteiger partial charge in [0.2, 0.25) is 5.91 Å². The molecule has 3 amide bonds. The third-order valence-electron chi connectivity index (χ3n) is 3.42. The van der Waals surface area contributed by atoms with Crippen LogP contribution in [0.2, 0.25) is 0 Å². The van der Waals surface area contributed by atoms with Gasteiger partial charge in [-0.3, -0.25) is 14.6 Å². The van der Waals surface area contributed by atoms with Crippen LogP contribution in [-0.2, 0) is 11.3 Å². The molecule has 1 fully saturated rings. The number of imide groups is 1. The van der Waals surface area contributed by atoms with Gasteiger partial charge in [-0.15, -0.1) is 0 Å². The highest BCUT2D eigenvalue weighted by molar-refractivity contribution is 5.98. The van der Waals surface area contributed by atoms with Gasteiger partial charge in [0.15, 0.2) is 0 Å². The van der Waals surface area contributed by atoms with Crippen molar-refractivity contribution in [1.82, 2.24) is 15.1 Å². The van der Waals surface area contributed by atoms with Crippen molar-refractivity contribution in [1.29, 1.82) is 0 Å². The Morgan fingerprint density at radius 2 is 2.11 bits per heavy atom. The highest BCUT2D eigenvalue weighted by Crippen LogP contribution is 2.09. The zero-order valence-corrected chi connectivity index (χ0v) is 11.3. The predicted molar refractivity (Wildman–Crippen MR) is 72.5 cm³/mol. The quantitative estimate of drug-likeness (QED) is 0.881. The van der Waals surface area contributed by atoms with Crippen molar-refractivity contribution < 1.29 is 9.59 Å². The summed E-state index contributed by atoms with van der Waals surface area (Å²) in [6, 6.07) is 9.36. The summed E-state index contributed by atoms with van der Waals surface area (Å²) in [5.74, 6) is -0.145. The van der Waals surface area contributed by atoms with Crippen LogP contribution in [-0.4, -0.2) is 47.9 Å². The number of hydrogen-bond acceptors (Lipinski definition) is 3. The summed E-state index contributed by atoms with van der Waals surface area (Å²) >= 11 is 0. The average molecular weight is 261 g/mol. The second kappa shape index (κ2) is 5.84. The number of carbonyl (C=O) groups is 2. The minimum atomic E-state index is -0.316. The molecule has 0 radical (unpaired) electrons. The Morgan fingerprint density at radius 3 is 2.68 bits per heavy atom. The Balaban J connectivity index is 1.97. The zero-order valence-electron chi connectivity index (χ0n) is 11.3. The number of amides is 3. The van der Waals surface area contributed by atoms with Gasteiger partial charge in [0.1, 0.15) is 0 Å². The maximum atomic E-state index is 12.2. The van der Waals surface area contributed by atoms with Crippen molar-refractivity contribution in [3.05, 3.63) is 35.9 Å². The molecule has 1 aliphatic heterocycles. The van der Waals surface area contributed by atoms with Crippen molar-refractivity contribution in [2.45, 2.75) is 19.5 Å². The van der Waals surface area contributed by atoms with E-state index in [0.717, 1.165) is 5.56 Å². The molecule has 1 aromatic rings. The summed E-state index contributed by atoms with van der Waals surface area (Å²) in [7, 11) is 1.89. The van der Waals surface area contributed by atoms with Crippen molar-refractivity contribution in [2.75, 3.05) is 20.1 Å². The van der Waals surface area contributed by atoms with Crippen LogP contribution in [0.15, 0.2) is 30.3 Å². The lowest BCUT2D eigenvalue weighted by molar-refractivity contribution is -0.132. The maximum absolute atomic E-state index is 12.2. The molecular formula is C14H19N3O2. The van der Waals surface area contributed by atoms with Crippen LogP contribution in [0.1, 0.15) is 12.5 Å². The molecule has 0 spiro atoms. The first-order valence-corrected chi connectivity index (χ1v) is 6.43. The van der Waals surface area contributed by atoms with Gasteiger partial charge in [-0.1, -0.05) is 30.3 Å². The standard InChI is InChI=1S/C14H19N3O2/c1-11(13(18)17-9-8-15-14(17)19)16(2)10-12-6-4-3-5-7-12/h3-7,11H,8-10H2,1-2H3,(H,15,19). The fourth-order valence-electron chi connectivity index (χ4n) is 2.10. The number of nitrogens with one attached hydrogen (secondary N) is 1. The van der Waals surface area contributed by atoms with Crippen LogP contribution < -0.4 is 5.32 Å². The molecule has 0 aliphatic carbocycles. The second-order valence-corrected chi connectivity index (χ2v) is 4.80. The number of urea groups is 1. The summed E-state index contributed by atoms with van der Waals surface area (Å²) in [6.07, 6.45) is 0. The molecule has 5 nitrogen and oxygen atoms in total. The monoisotopic (exact) mass is 261 g/mol. The van der Waals surface area contributed by atoms with Gasteiger partial charge in [-0.2, -0.15) is 0 Å². The molecule has 1 aromatic carbocycles. The predicted octanol–water partition coefficient (Wildman–Crippen LogP) is 1.06. The summed E-state index contributed by atoms with van der Waals surface area (Å²) < 4.78 is 0. The molecule has 5 heteroatoms. The van der Waals surface area contributed by atoms with Crippen molar-refractivity contribution in [3.8, 4) is 0 Å². The fraction of sp³-hybridized carbons (Fsp3) is 0.429. The highest BCUT2D eigenvalue weighted by atomic mass is 16.2. The van der Waals surface area contributed by atoms with E-state index in [4.69, 9.17) is 0 Å². The Hall–Kier alpha value is -1.88. The molecular weight excluding hydrogens is 242 g/mol. The highest BCUT2D eigenvalue weighted by Gasteiger charge is 2.31. The fourth-order valence-corrected chi connectivity index (χ4v) is 2.10. The molecule has 2 rings (SSSR count). The van der Waals surface area contributed by atoms with Crippen molar-refractivity contribution in [2.24, 2.45) is 0 Å². The maximum Gasteiger partial charge on any atom is 0.324 e. The minimum Gasteiger partial charge on any atom is -0.336 e. The number of rotatable bonds is 4. The molecule has 1 heterocycles. The first-order valence-electron chi connectivity index (χ1n) is 6.43. The molecule has 0 saturated carbocycles. The minimum absolute atomic E-state index is 0.145. The summed E-state index contributed by atoms with van der Waals surface area (Å²) in [4.78, 5) is 26.9. The lowest BCUT2D eigenvalue weighted by atomic mass is 10.2. The number of nitrogens with zero attached hydrogens (tertiary/aromatic N) is 2. The Kier molecular flexibility index (Phi) is 4.16. The summed E-state index contributed by atoms with van der Waals surface area (Å²) in [5, 5.41) is 2.64. The van der Waals surface area contributed by atoms with Crippen LogP contribution in [0.5, 0.6) is 0 Å². The third-order valence-corrected chi connectivity index (χ3v) is 3.42. The van der Waals surface area contributed by atoms with Crippen molar-refractivity contribution in [3.63, 3.8) is 0 Å².